The molecular weight excluding hydrogens is 206 g/mol. The molecule has 16 heavy (non-hydrogen) atoms. The van der Waals surface area contributed by atoms with Gasteiger partial charge in [-0.2, -0.15) is 5.26 Å². The second-order valence-electron chi connectivity index (χ2n) is 3.32. The number of nitriles is 1. The summed E-state index contributed by atoms with van der Waals surface area (Å²) in [6.07, 6.45) is 2.23. The van der Waals surface area contributed by atoms with E-state index in [-0.39, 0.29) is 18.2 Å². The highest BCUT2D eigenvalue weighted by molar-refractivity contribution is 5.88. The van der Waals surface area contributed by atoms with E-state index in [1.807, 2.05) is 13.8 Å². The molecule has 0 fully saturated rings. The first-order chi connectivity index (χ1) is 7.60. The summed E-state index contributed by atoms with van der Waals surface area (Å²) in [5, 5.41) is 13.4. The zero-order chi connectivity index (χ0) is 12.4. The number of nitrogens with one attached hydrogen (secondary N) is 2. The number of amides is 2. The average Bonchev–Trinajstić information content (AvgIpc) is 2.24. The van der Waals surface area contributed by atoms with Crippen LogP contribution in [0.5, 0.6) is 0 Å². The molecule has 0 bridgehead atoms. The van der Waals surface area contributed by atoms with E-state index < -0.39 is 0 Å². The number of nitrogens with zero attached hydrogens (tertiary/aromatic N) is 1. The van der Waals surface area contributed by atoms with Crippen LogP contribution in [0.15, 0.2) is 11.6 Å². The Morgan fingerprint density at radius 1 is 1.31 bits per heavy atom. The SMILES string of the molecule is CC/C(C)=C/C(=O)NCCNC(=O)CC#N. The number of allylic oxidation sites excluding steroid dienone is 1. The number of hydrogen-bond acceptors (Lipinski definition) is 3. The lowest BCUT2D eigenvalue weighted by Crippen LogP contribution is -2.33. The van der Waals surface area contributed by atoms with Crippen LogP contribution in [-0.4, -0.2) is 24.9 Å². The molecule has 88 valence electrons. The summed E-state index contributed by atoms with van der Waals surface area (Å²) in [4.78, 5) is 22.1. The fourth-order valence-electron chi connectivity index (χ4n) is 0.899. The smallest absolute Gasteiger partial charge is 0.243 e. The van der Waals surface area contributed by atoms with Crippen LogP contribution in [0, 0.1) is 11.3 Å². The van der Waals surface area contributed by atoms with E-state index in [9.17, 15) is 9.59 Å². The third-order valence-electron chi connectivity index (χ3n) is 1.92. The molecule has 0 aliphatic rings. The Kier molecular flexibility index (Phi) is 7.51. The van der Waals surface area contributed by atoms with Crippen LogP contribution in [0.1, 0.15) is 26.7 Å². The van der Waals surface area contributed by atoms with Gasteiger partial charge in [-0.05, 0) is 13.3 Å². The fourth-order valence-corrected chi connectivity index (χ4v) is 0.899. The van der Waals surface area contributed by atoms with Gasteiger partial charge in [-0.25, -0.2) is 0 Å². The van der Waals surface area contributed by atoms with Crippen molar-refractivity contribution in [2.75, 3.05) is 13.1 Å². The number of carbonyl (C=O) groups is 2. The van der Waals surface area contributed by atoms with E-state index in [4.69, 9.17) is 5.26 Å². The van der Waals surface area contributed by atoms with Gasteiger partial charge in [-0.1, -0.05) is 12.5 Å². The Bertz CT molecular complexity index is 316. The quantitative estimate of drug-likeness (QED) is 0.508. The number of hydrogen-bond donors (Lipinski definition) is 2. The van der Waals surface area contributed by atoms with Gasteiger partial charge in [-0.15, -0.1) is 0 Å². The number of carbonyl (C=O) groups excluding carboxylic acids is 2. The van der Waals surface area contributed by atoms with Gasteiger partial charge in [-0.3, -0.25) is 9.59 Å². The molecule has 0 rings (SSSR count). The summed E-state index contributed by atoms with van der Waals surface area (Å²) in [5.74, 6) is -0.481. The van der Waals surface area contributed by atoms with Gasteiger partial charge < -0.3 is 10.6 Å². The minimum atomic E-state index is -0.322. The van der Waals surface area contributed by atoms with E-state index in [1.165, 1.54) is 6.08 Å². The van der Waals surface area contributed by atoms with Gasteiger partial charge in [0.15, 0.2) is 0 Å². The standard InChI is InChI=1S/C11H17N3O2/c1-3-9(2)8-11(16)14-7-6-13-10(15)4-5-12/h8H,3-4,6-7H2,1-2H3,(H,13,15)(H,14,16)/b9-8+. The van der Waals surface area contributed by atoms with E-state index >= 15 is 0 Å². The van der Waals surface area contributed by atoms with Crippen LogP contribution >= 0.6 is 0 Å². The second kappa shape index (κ2) is 8.48. The normalized spacial score (nSPS) is 10.4. The lowest BCUT2D eigenvalue weighted by atomic mass is 10.2. The molecule has 2 N–H and O–H groups in total. The molecule has 0 spiro atoms. The fraction of sp³-hybridized carbons (Fsp3) is 0.545. The van der Waals surface area contributed by atoms with Gasteiger partial charge in [0.25, 0.3) is 0 Å². The van der Waals surface area contributed by atoms with Crippen molar-refractivity contribution >= 4 is 11.8 Å². The molecule has 0 aromatic rings. The van der Waals surface area contributed by atoms with Crippen molar-refractivity contribution < 1.29 is 9.59 Å². The molecule has 0 saturated heterocycles. The molecule has 0 aromatic carbocycles. The Balaban J connectivity index is 3.64. The first-order valence-electron chi connectivity index (χ1n) is 5.18. The maximum absolute atomic E-state index is 11.2. The zero-order valence-electron chi connectivity index (χ0n) is 9.67. The molecule has 5 nitrogen and oxygen atoms in total. The highest BCUT2D eigenvalue weighted by Crippen LogP contribution is 1.96. The molecule has 0 radical (unpaired) electrons. The van der Waals surface area contributed by atoms with Crippen molar-refractivity contribution in [1.82, 2.24) is 10.6 Å². The summed E-state index contributed by atoms with van der Waals surface area (Å²) < 4.78 is 0. The maximum Gasteiger partial charge on any atom is 0.243 e. The van der Waals surface area contributed by atoms with Crippen LogP contribution in [0.2, 0.25) is 0 Å². The van der Waals surface area contributed by atoms with E-state index in [1.54, 1.807) is 6.07 Å². The molecule has 0 atom stereocenters. The summed E-state index contributed by atoms with van der Waals surface area (Å²) in [6.45, 7) is 4.56. The van der Waals surface area contributed by atoms with Crippen LogP contribution in [-0.2, 0) is 9.59 Å². The number of rotatable bonds is 6. The summed E-state index contributed by atoms with van der Waals surface area (Å²) in [5.41, 5.74) is 1.01. The molecule has 0 aliphatic heterocycles. The third-order valence-corrected chi connectivity index (χ3v) is 1.92. The van der Waals surface area contributed by atoms with Crippen LogP contribution in [0.4, 0.5) is 0 Å². The Morgan fingerprint density at radius 2 is 1.94 bits per heavy atom. The molecule has 0 aliphatic carbocycles. The van der Waals surface area contributed by atoms with Crippen molar-refractivity contribution in [2.45, 2.75) is 26.7 Å². The zero-order valence-corrected chi connectivity index (χ0v) is 9.67. The highest BCUT2D eigenvalue weighted by Gasteiger charge is 1.99. The monoisotopic (exact) mass is 223 g/mol. The lowest BCUT2D eigenvalue weighted by molar-refractivity contribution is -0.120. The van der Waals surface area contributed by atoms with Gasteiger partial charge >= 0.3 is 0 Å². The Morgan fingerprint density at radius 3 is 2.50 bits per heavy atom. The first kappa shape index (κ1) is 14.2. The molecule has 0 heterocycles. The van der Waals surface area contributed by atoms with Crippen LogP contribution in [0.25, 0.3) is 0 Å². The summed E-state index contributed by atoms with van der Waals surface area (Å²) >= 11 is 0. The van der Waals surface area contributed by atoms with Crippen molar-refractivity contribution in [3.63, 3.8) is 0 Å². The van der Waals surface area contributed by atoms with Crippen molar-refractivity contribution in [2.24, 2.45) is 0 Å². The van der Waals surface area contributed by atoms with Gasteiger partial charge in [0.05, 0.1) is 6.07 Å². The van der Waals surface area contributed by atoms with Crippen molar-refractivity contribution in [1.29, 1.82) is 5.26 Å². The van der Waals surface area contributed by atoms with Gasteiger partial charge in [0, 0.05) is 19.2 Å². The second-order valence-corrected chi connectivity index (χ2v) is 3.32. The van der Waals surface area contributed by atoms with Crippen molar-refractivity contribution in [3.8, 4) is 6.07 Å². The first-order valence-corrected chi connectivity index (χ1v) is 5.18. The summed E-state index contributed by atoms with van der Waals surface area (Å²) in [6, 6.07) is 1.74. The van der Waals surface area contributed by atoms with Crippen LogP contribution < -0.4 is 10.6 Å². The van der Waals surface area contributed by atoms with Crippen molar-refractivity contribution in [3.05, 3.63) is 11.6 Å². The minimum absolute atomic E-state index is 0.150. The molecule has 5 heteroatoms. The molecule has 0 aromatic heterocycles. The van der Waals surface area contributed by atoms with Crippen LogP contribution in [0.3, 0.4) is 0 Å². The highest BCUT2D eigenvalue weighted by atomic mass is 16.2. The third kappa shape index (κ3) is 7.56. The van der Waals surface area contributed by atoms with Gasteiger partial charge in [0.2, 0.25) is 11.8 Å². The maximum atomic E-state index is 11.2. The predicted octanol–water partition coefficient (Wildman–Crippen LogP) is 0.489. The average molecular weight is 223 g/mol. The van der Waals surface area contributed by atoms with E-state index in [2.05, 4.69) is 10.6 Å². The topological polar surface area (TPSA) is 82.0 Å². The Labute approximate surface area is 95.5 Å². The molecule has 0 unspecified atom stereocenters. The molecule has 2 amide bonds. The van der Waals surface area contributed by atoms with Gasteiger partial charge in [0.1, 0.15) is 6.42 Å². The summed E-state index contributed by atoms with van der Waals surface area (Å²) in [7, 11) is 0. The molecular formula is C11H17N3O2. The minimum Gasteiger partial charge on any atom is -0.353 e. The Hall–Kier alpha value is -1.83. The van der Waals surface area contributed by atoms with E-state index in [0.29, 0.717) is 13.1 Å². The predicted molar refractivity (Wildman–Crippen MR) is 60.3 cm³/mol. The largest absolute Gasteiger partial charge is 0.353 e. The molecule has 0 saturated carbocycles. The lowest BCUT2D eigenvalue weighted by Gasteiger charge is -2.04. The van der Waals surface area contributed by atoms with E-state index in [0.717, 1.165) is 12.0 Å².